The predicted molar refractivity (Wildman–Crippen MR) is 86.4 cm³/mol. The molecule has 0 amide bonds. The van der Waals surface area contributed by atoms with Crippen molar-refractivity contribution in [3.05, 3.63) is 24.4 Å². The summed E-state index contributed by atoms with van der Waals surface area (Å²) in [5.74, 6) is 1.18. The highest BCUT2D eigenvalue weighted by molar-refractivity contribution is 7.80. The van der Waals surface area contributed by atoms with Crippen LogP contribution >= 0.6 is 12.2 Å². The molecular weight excluding hydrogens is 284 g/mol. The molecule has 0 unspecified atom stereocenters. The average molecular weight is 307 g/mol. The lowest BCUT2D eigenvalue weighted by molar-refractivity contribution is -0.364. The van der Waals surface area contributed by atoms with Crippen molar-refractivity contribution in [2.75, 3.05) is 44.2 Å². The molecule has 2 aliphatic rings. The molecule has 0 saturated carbocycles. The van der Waals surface area contributed by atoms with Crippen molar-refractivity contribution in [3.8, 4) is 0 Å². The van der Waals surface area contributed by atoms with Gasteiger partial charge in [0.25, 0.3) is 5.82 Å². The van der Waals surface area contributed by atoms with Crippen LogP contribution in [0.15, 0.2) is 24.4 Å². The molecule has 2 N–H and O–H groups in total. The fourth-order valence-corrected chi connectivity index (χ4v) is 3.12. The van der Waals surface area contributed by atoms with Crippen molar-refractivity contribution < 1.29 is 9.72 Å². The van der Waals surface area contributed by atoms with Gasteiger partial charge >= 0.3 is 0 Å². The van der Waals surface area contributed by atoms with Crippen molar-refractivity contribution in [2.24, 2.45) is 0 Å². The van der Waals surface area contributed by atoms with Gasteiger partial charge in [-0.25, -0.2) is 4.98 Å². The maximum absolute atomic E-state index is 5.61. The third-order valence-corrected chi connectivity index (χ3v) is 4.51. The van der Waals surface area contributed by atoms with Gasteiger partial charge in [0.2, 0.25) is 0 Å². The molecule has 0 bridgehead atoms. The second-order valence-electron chi connectivity index (χ2n) is 5.54. The highest BCUT2D eigenvalue weighted by Crippen LogP contribution is 2.12. The summed E-state index contributed by atoms with van der Waals surface area (Å²) in [6.07, 6.45) is 4.62. The largest absolute Gasteiger partial charge is 0.376 e. The number of aromatic amines is 1. The van der Waals surface area contributed by atoms with Gasteiger partial charge in [-0.1, -0.05) is 6.07 Å². The Labute approximate surface area is 131 Å². The number of hydrogen-bond acceptors (Lipinski definition) is 3. The van der Waals surface area contributed by atoms with Gasteiger partial charge in [-0.05, 0) is 31.1 Å². The van der Waals surface area contributed by atoms with Gasteiger partial charge in [0, 0.05) is 19.2 Å². The number of piperazine rings is 1. The number of H-pyrrole nitrogens is 1. The standard InChI is InChI=1S/C15H22N4OS/c21-15(17-12-13-4-3-11-20-13)19-9-7-18(8-10-19)14-5-1-2-6-16-14/h1-2,5-6,13H,3-4,7-12H2,(H,17,21)/p+1/t13-/m0/s1. The first-order chi connectivity index (χ1) is 10.3. The fraction of sp³-hybridized carbons (Fsp3) is 0.600. The molecule has 0 aromatic carbocycles. The molecule has 0 radical (unpaired) electrons. The lowest BCUT2D eigenvalue weighted by Gasteiger charge is -2.33. The molecular formula is C15H23N4OS+. The van der Waals surface area contributed by atoms with Gasteiger partial charge in [0.15, 0.2) is 5.11 Å². The number of aromatic nitrogens is 1. The Bertz CT molecular complexity index is 456. The van der Waals surface area contributed by atoms with E-state index < -0.39 is 0 Å². The minimum atomic E-state index is 0.336. The average Bonchev–Trinajstić information content (AvgIpc) is 3.07. The van der Waals surface area contributed by atoms with E-state index in [1.165, 1.54) is 12.2 Å². The summed E-state index contributed by atoms with van der Waals surface area (Å²) < 4.78 is 5.61. The summed E-state index contributed by atoms with van der Waals surface area (Å²) in [4.78, 5) is 7.90. The first-order valence-corrected chi connectivity index (χ1v) is 8.10. The van der Waals surface area contributed by atoms with Crippen LogP contribution in [0.5, 0.6) is 0 Å². The number of anilines is 1. The zero-order valence-corrected chi connectivity index (χ0v) is 13.1. The van der Waals surface area contributed by atoms with Gasteiger partial charge in [-0.15, -0.1) is 0 Å². The summed E-state index contributed by atoms with van der Waals surface area (Å²) in [7, 11) is 0. The molecule has 2 fully saturated rings. The van der Waals surface area contributed by atoms with Crippen LogP contribution in [-0.4, -0.2) is 55.4 Å². The van der Waals surface area contributed by atoms with Crippen molar-refractivity contribution in [2.45, 2.75) is 18.9 Å². The monoisotopic (exact) mass is 307 g/mol. The molecule has 6 heteroatoms. The molecule has 5 nitrogen and oxygen atoms in total. The Morgan fingerprint density at radius 1 is 1.33 bits per heavy atom. The third kappa shape index (κ3) is 3.83. The van der Waals surface area contributed by atoms with Crippen molar-refractivity contribution in [1.29, 1.82) is 0 Å². The summed E-state index contributed by atoms with van der Waals surface area (Å²) in [5, 5.41) is 4.22. The van der Waals surface area contributed by atoms with Crippen LogP contribution in [0.1, 0.15) is 12.8 Å². The second kappa shape index (κ2) is 7.04. The molecule has 3 heterocycles. The number of pyridine rings is 1. The van der Waals surface area contributed by atoms with E-state index in [1.54, 1.807) is 0 Å². The number of nitrogens with zero attached hydrogens (tertiary/aromatic N) is 2. The van der Waals surface area contributed by atoms with E-state index in [2.05, 4.69) is 32.2 Å². The van der Waals surface area contributed by atoms with Crippen LogP contribution in [0.2, 0.25) is 0 Å². The highest BCUT2D eigenvalue weighted by Gasteiger charge is 2.25. The van der Waals surface area contributed by atoms with Crippen molar-refractivity contribution in [3.63, 3.8) is 0 Å². The first kappa shape index (κ1) is 14.5. The minimum Gasteiger partial charge on any atom is -0.376 e. The van der Waals surface area contributed by atoms with E-state index in [0.29, 0.717) is 6.10 Å². The molecule has 2 saturated heterocycles. The lowest BCUT2D eigenvalue weighted by atomic mass is 10.2. The van der Waals surface area contributed by atoms with E-state index in [4.69, 9.17) is 17.0 Å². The number of thiocarbonyl (C=S) groups is 1. The van der Waals surface area contributed by atoms with E-state index in [0.717, 1.165) is 50.9 Å². The van der Waals surface area contributed by atoms with Crippen molar-refractivity contribution >= 4 is 23.1 Å². The maximum atomic E-state index is 5.61. The second-order valence-corrected chi connectivity index (χ2v) is 5.93. The molecule has 2 aliphatic heterocycles. The number of hydrogen-bond donors (Lipinski definition) is 1. The normalized spacial score (nSPS) is 22.4. The smallest absolute Gasteiger partial charge is 0.274 e. The summed E-state index contributed by atoms with van der Waals surface area (Å²) in [6, 6.07) is 6.18. The van der Waals surface area contributed by atoms with Gasteiger partial charge < -0.3 is 15.0 Å². The Balaban J connectivity index is 1.43. The van der Waals surface area contributed by atoms with Crippen LogP contribution in [0.4, 0.5) is 5.82 Å². The molecule has 1 aromatic rings. The Hall–Kier alpha value is -1.40. The van der Waals surface area contributed by atoms with E-state index in [-0.39, 0.29) is 0 Å². The lowest BCUT2D eigenvalue weighted by Crippen LogP contribution is -2.53. The van der Waals surface area contributed by atoms with Gasteiger partial charge in [0.05, 0.1) is 25.4 Å². The summed E-state index contributed by atoms with van der Waals surface area (Å²) in [5.41, 5.74) is 0. The molecule has 3 rings (SSSR count). The number of rotatable bonds is 3. The quantitative estimate of drug-likeness (QED) is 0.832. The van der Waals surface area contributed by atoms with Gasteiger partial charge in [-0.3, -0.25) is 4.90 Å². The molecule has 114 valence electrons. The zero-order chi connectivity index (χ0) is 14.5. The van der Waals surface area contributed by atoms with Crippen molar-refractivity contribution in [1.82, 2.24) is 10.2 Å². The first-order valence-electron chi connectivity index (χ1n) is 7.69. The van der Waals surface area contributed by atoms with E-state index in [1.807, 2.05) is 12.3 Å². The molecule has 1 atom stereocenters. The third-order valence-electron chi connectivity index (χ3n) is 4.11. The van der Waals surface area contributed by atoms with Crippen LogP contribution in [0.3, 0.4) is 0 Å². The maximum Gasteiger partial charge on any atom is 0.274 e. The molecule has 0 aliphatic carbocycles. The van der Waals surface area contributed by atoms with Crippen LogP contribution in [0, 0.1) is 0 Å². The Morgan fingerprint density at radius 3 is 2.86 bits per heavy atom. The number of nitrogens with one attached hydrogen (secondary N) is 2. The van der Waals surface area contributed by atoms with Crippen LogP contribution < -0.4 is 15.2 Å². The minimum absolute atomic E-state index is 0.336. The van der Waals surface area contributed by atoms with Gasteiger partial charge in [-0.2, -0.15) is 0 Å². The zero-order valence-electron chi connectivity index (χ0n) is 12.3. The van der Waals surface area contributed by atoms with Gasteiger partial charge in [0.1, 0.15) is 13.1 Å². The predicted octanol–water partition coefficient (Wildman–Crippen LogP) is 0.676. The topological polar surface area (TPSA) is 41.9 Å². The van der Waals surface area contributed by atoms with Crippen LogP contribution in [-0.2, 0) is 4.74 Å². The van der Waals surface area contributed by atoms with E-state index in [9.17, 15) is 0 Å². The fourth-order valence-electron chi connectivity index (χ4n) is 2.85. The summed E-state index contributed by atoms with van der Waals surface area (Å²) in [6.45, 7) is 5.63. The highest BCUT2D eigenvalue weighted by atomic mass is 32.1. The Kier molecular flexibility index (Phi) is 4.87. The molecule has 21 heavy (non-hydrogen) atoms. The Morgan fingerprint density at radius 2 is 2.19 bits per heavy atom. The number of ether oxygens (including phenoxy) is 1. The van der Waals surface area contributed by atoms with Crippen LogP contribution in [0.25, 0.3) is 0 Å². The SMILES string of the molecule is S=C(NC[C@@H]1CCCO1)N1CCN(c2cccc[nH+]2)CC1. The summed E-state index contributed by atoms with van der Waals surface area (Å²) >= 11 is 5.50. The van der Waals surface area contributed by atoms with E-state index >= 15 is 0 Å². The molecule has 0 spiro atoms. The molecule has 1 aromatic heterocycles.